The van der Waals surface area contributed by atoms with E-state index >= 15 is 0 Å². The smallest absolute Gasteiger partial charge is 0.261 e. The lowest BCUT2D eigenvalue weighted by atomic mass is 10.3. The first-order valence-electron chi connectivity index (χ1n) is 5.13. The van der Waals surface area contributed by atoms with E-state index in [0.29, 0.717) is 6.54 Å². The molecule has 0 aromatic carbocycles. The molecule has 2 N–H and O–H groups in total. The number of aromatic amines is 1. The second-order valence-electron chi connectivity index (χ2n) is 3.38. The van der Waals surface area contributed by atoms with Gasteiger partial charge < -0.3 is 10.3 Å². The monoisotopic (exact) mass is 235 g/mol. The maximum absolute atomic E-state index is 11.7. The molecule has 2 aromatic rings. The Bertz CT molecular complexity index is 461. The van der Waals surface area contributed by atoms with Gasteiger partial charge in [-0.2, -0.15) is 0 Å². The zero-order valence-corrected chi connectivity index (χ0v) is 9.80. The van der Waals surface area contributed by atoms with Crippen LogP contribution in [0.2, 0.25) is 0 Å². The molecule has 0 saturated heterocycles. The number of imidazole rings is 1. The molecule has 0 spiro atoms. The highest BCUT2D eigenvalue weighted by Crippen LogP contribution is 2.16. The van der Waals surface area contributed by atoms with Gasteiger partial charge in [0.25, 0.3) is 5.91 Å². The van der Waals surface area contributed by atoms with E-state index in [4.69, 9.17) is 0 Å². The van der Waals surface area contributed by atoms with Crippen molar-refractivity contribution in [1.82, 2.24) is 15.3 Å². The lowest BCUT2D eigenvalue weighted by Gasteiger charge is -2.00. The van der Waals surface area contributed by atoms with E-state index in [9.17, 15) is 4.79 Å². The van der Waals surface area contributed by atoms with Gasteiger partial charge in [-0.05, 0) is 18.6 Å². The molecule has 0 radical (unpaired) electrons. The highest BCUT2D eigenvalue weighted by molar-refractivity contribution is 7.14. The van der Waals surface area contributed by atoms with E-state index in [1.807, 2.05) is 12.1 Å². The van der Waals surface area contributed by atoms with Crippen molar-refractivity contribution in [2.45, 2.75) is 19.9 Å². The van der Waals surface area contributed by atoms with E-state index < -0.39 is 0 Å². The number of nitrogens with zero attached hydrogens (tertiary/aromatic N) is 1. The van der Waals surface area contributed by atoms with Gasteiger partial charge >= 0.3 is 0 Å². The van der Waals surface area contributed by atoms with Crippen molar-refractivity contribution in [2.75, 3.05) is 0 Å². The first-order chi connectivity index (χ1) is 7.79. The number of rotatable bonds is 4. The number of amides is 1. The molecule has 16 heavy (non-hydrogen) atoms. The molecule has 4 nitrogen and oxygen atoms in total. The number of carbonyl (C=O) groups excluding carboxylic acids is 1. The molecule has 0 atom stereocenters. The highest BCUT2D eigenvalue weighted by Gasteiger charge is 2.08. The summed E-state index contributed by atoms with van der Waals surface area (Å²) < 4.78 is 0. The molecule has 1 amide bonds. The Morgan fingerprint density at radius 1 is 1.56 bits per heavy atom. The lowest BCUT2D eigenvalue weighted by molar-refractivity contribution is 0.0954. The fourth-order valence-electron chi connectivity index (χ4n) is 1.33. The number of aryl methyl sites for hydroxylation is 1. The molecule has 0 aliphatic carbocycles. The van der Waals surface area contributed by atoms with Gasteiger partial charge in [-0.3, -0.25) is 4.79 Å². The molecule has 5 heteroatoms. The predicted molar refractivity (Wildman–Crippen MR) is 63.5 cm³/mol. The van der Waals surface area contributed by atoms with Gasteiger partial charge in [-0.1, -0.05) is 6.92 Å². The number of thiophene rings is 1. The molecule has 0 aliphatic rings. The van der Waals surface area contributed by atoms with Crippen molar-refractivity contribution >= 4 is 17.2 Å². The third kappa shape index (κ3) is 2.49. The molecule has 0 bridgehead atoms. The summed E-state index contributed by atoms with van der Waals surface area (Å²) in [5.74, 6) is -0.0284. The zero-order chi connectivity index (χ0) is 11.4. The van der Waals surface area contributed by atoms with E-state index in [2.05, 4.69) is 22.2 Å². The average Bonchev–Trinajstić information content (AvgIpc) is 2.96. The summed E-state index contributed by atoms with van der Waals surface area (Å²) in [6.45, 7) is 2.57. The van der Waals surface area contributed by atoms with Crippen molar-refractivity contribution in [3.05, 3.63) is 40.1 Å². The van der Waals surface area contributed by atoms with Gasteiger partial charge in [0.05, 0.1) is 23.4 Å². The Morgan fingerprint density at radius 3 is 3.06 bits per heavy atom. The Hall–Kier alpha value is -1.62. The SMILES string of the molecule is CCc1ccc(C(=O)NCc2cnc[nH]2)s1. The number of carbonyl (C=O) groups is 1. The lowest BCUT2D eigenvalue weighted by Crippen LogP contribution is -2.21. The molecule has 0 fully saturated rings. The van der Waals surface area contributed by atoms with Gasteiger partial charge in [0, 0.05) is 11.1 Å². The van der Waals surface area contributed by atoms with Gasteiger partial charge in [0.2, 0.25) is 0 Å². The largest absolute Gasteiger partial charge is 0.347 e. The Labute approximate surface area is 97.7 Å². The number of aromatic nitrogens is 2. The molecule has 2 rings (SSSR count). The minimum atomic E-state index is -0.0284. The summed E-state index contributed by atoms with van der Waals surface area (Å²) in [6.07, 6.45) is 4.27. The maximum Gasteiger partial charge on any atom is 0.261 e. The van der Waals surface area contributed by atoms with Crippen LogP contribution in [0.15, 0.2) is 24.7 Å². The Balaban J connectivity index is 1.93. The normalized spacial score (nSPS) is 10.3. The van der Waals surface area contributed by atoms with Gasteiger partial charge in [-0.15, -0.1) is 11.3 Å². The molecule has 0 saturated carbocycles. The second-order valence-corrected chi connectivity index (χ2v) is 4.55. The summed E-state index contributed by atoms with van der Waals surface area (Å²) in [5.41, 5.74) is 0.903. The number of H-pyrrole nitrogens is 1. The van der Waals surface area contributed by atoms with Crippen molar-refractivity contribution in [1.29, 1.82) is 0 Å². The van der Waals surface area contributed by atoms with Crippen LogP contribution in [0.3, 0.4) is 0 Å². The third-order valence-corrected chi connectivity index (χ3v) is 3.46. The topological polar surface area (TPSA) is 57.8 Å². The van der Waals surface area contributed by atoms with Crippen molar-refractivity contribution < 1.29 is 4.79 Å². The van der Waals surface area contributed by atoms with Crippen LogP contribution >= 0.6 is 11.3 Å². The number of hydrogen-bond donors (Lipinski definition) is 2. The van der Waals surface area contributed by atoms with Crippen molar-refractivity contribution in [3.8, 4) is 0 Å². The minimum Gasteiger partial charge on any atom is -0.347 e. The van der Waals surface area contributed by atoms with Crippen LogP contribution in [0.25, 0.3) is 0 Å². The molecular weight excluding hydrogens is 222 g/mol. The van der Waals surface area contributed by atoms with E-state index in [1.165, 1.54) is 4.88 Å². The summed E-state index contributed by atoms with van der Waals surface area (Å²) in [5, 5.41) is 2.84. The predicted octanol–water partition coefficient (Wildman–Crippen LogP) is 1.96. The zero-order valence-electron chi connectivity index (χ0n) is 8.99. The quantitative estimate of drug-likeness (QED) is 0.851. The van der Waals surface area contributed by atoms with Gasteiger partial charge in [0.15, 0.2) is 0 Å². The summed E-state index contributed by atoms with van der Waals surface area (Å²) >= 11 is 1.54. The van der Waals surface area contributed by atoms with E-state index in [0.717, 1.165) is 17.0 Å². The number of nitrogens with one attached hydrogen (secondary N) is 2. The molecule has 2 heterocycles. The van der Waals surface area contributed by atoms with Crippen LogP contribution in [0.4, 0.5) is 0 Å². The van der Waals surface area contributed by atoms with Crippen LogP contribution < -0.4 is 5.32 Å². The highest BCUT2D eigenvalue weighted by atomic mass is 32.1. The van der Waals surface area contributed by atoms with E-state index in [1.54, 1.807) is 23.9 Å². The van der Waals surface area contributed by atoms with Crippen molar-refractivity contribution in [2.24, 2.45) is 0 Å². The fraction of sp³-hybridized carbons (Fsp3) is 0.273. The van der Waals surface area contributed by atoms with E-state index in [-0.39, 0.29) is 5.91 Å². The minimum absolute atomic E-state index is 0.0284. The molecule has 2 aromatic heterocycles. The van der Waals surface area contributed by atoms with Crippen molar-refractivity contribution in [3.63, 3.8) is 0 Å². The van der Waals surface area contributed by atoms with Gasteiger partial charge in [0.1, 0.15) is 0 Å². The van der Waals surface area contributed by atoms with Crippen LogP contribution in [-0.4, -0.2) is 15.9 Å². The standard InChI is InChI=1S/C11H13N3OS/c1-2-9-3-4-10(16-9)11(15)13-6-8-5-12-7-14-8/h3-5,7H,2,6H2,1H3,(H,12,14)(H,13,15). The average molecular weight is 235 g/mol. The first kappa shape index (κ1) is 10.9. The van der Waals surface area contributed by atoms with Crippen LogP contribution in [0.1, 0.15) is 27.2 Å². The van der Waals surface area contributed by atoms with Crippen LogP contribution in [0, 0.1) is 0 Å². The molecular formula is C11H13N3OS. The first-order valence-corrected chi connectivity index (χ1v) is 5.95. The third-order valence-electron chi connectivity index (χ3n) is 2.23. The second kappa shape index (κ2) is 4.94. The summed E-state index contributed by atoms with van der Waals surface area (Å²) in [7, 11) is 0. The number of hydrogen-bond acceptors (Lipinski definition) is 3. The maximum atomic E-state index is 11.7. The van der Waals surface area contributed by atoms with Gasteiger partial charge in [-0.25, -0.2) is 4.98 Å². The molecule has 0 aliphatic heterocycles. The Kier molecular flexibility index (Phi) is 3.36. The molecule has 84 valence electrons. The summed E-state index contributed by atoms with van der Waals surface area (Å²) in [6, 6.07) is 3.86. The Morgan fingerprint density at radius 2 is 2.44 bits per heavy atom. The fourth-order valence-corrected chi connectivity index (χ4v) is 2.20. The molecule has 0 unspecified atom stereocenters. The summed E-state index contributed by atoms with van der Waals surface area (Å²) in [4.78, 5) is 20.5. The van der Waals surface area contributed by atoms with Crippen LogP contribution in [-0.2, 0) is 13.0 Å². The van der Waals surface area contributed by atoms with Crippen LogP contribution in [0.5, 0.6) is 0 Å².